The highest BCUT2D eigenvalue weighted by atomic mass is 16.6. The molecule has 1 saturated heterocycles. The Morgan fingerprint density at radius 2 is 1.90 bits per heavy atom. The molecule has 0 radical (unpaired) electrons. The molecule has 156 valence electrons. The van der Waals surface area contributed by atoms with E-state index in [-0.39, 0.29) is 12.2 Å². The number of rotatable bonds is 3. The summed E-state index contributed by atoms with van der Waals surface area (Å²) in [6.45, 7) is 9.67. The molecule has 2 aromatic heterocycles. The Balaban J connectivity index is 1.40. The Labute approximate surface area is 170 Å². The highest BCUT2D eigenvalue weighted by Crippen LogP contribution is 2.29. The Morgan fingerprint density at radius 1 is 1.14 bits per heavy atom. The topological polar surface area (TPSA) is 85.6 Å². The summed E-state index contributed by atoms with van der Waals surface area (Å²) in [4.78, 5) is 27.2. The van der Waals surface area contributed by atoms with Gasteiger partial charge in [-0.05, 0) is 27.7 Å². The Bertz CT molecular complexity index is 883. The summed E-state index contributed by atoms with van der Waals surface area (Å²) in [5, 5.41) is 2.09. The second-order valence-corrected chi connectivity index (χ2v) is 8.47. The van der Waals surface area contributed by atoms with Crippen LogP contribution in [0.3, 0.4) is 0 Å². The molecule has 0 bridgehead atoms. The number of imidazole rings is 1. The van der Waals surface area contributed by atoms with Crippen LogP contribution in [0.25, 0.3) is 0 Å². The number of hydrogen-bond donors (Lipinski definition) is 0. The number of fused-ring (bicyclic) bond motifs is 1. The molecule has 0 spiro atoms. The number of aromatic nitrogens is 4. The number of nitrogens with zero attached hydrogens (tertiary/aromatic N) is 6. The zero-order valence-electron chi connectivity index (χ0n) is 17.5. The van der Waals surface area contributed by atoms with Gasteiger partial charge in [0.25, 0.3) is 0 Å². The van der Waals surface area contributed by atoms with Gasteiger partial charge >= 0.3 is 6.09 Å². The molecule has 1 amide bonds. The Hall–Kier alpha value is -2.84. The molecule has 0 aromatic carbocycles. The predicted molar refractivity (Wildman–Crippen MR) is 107 cm³/mol. The van der Waals surface area contributed by atoms with E-state index < -0.39 is 5.60 Å². The zero-order chi connectivity index (χ0) is 20.6. The molecule has 0 atom stereocenters. The van der Waals surface area contributed by atoms with Crippen LogP contribution in [0.1, 0.15) is 45.0 Å². The largest absolute Gasteiger partial charge is 0.474 e. The molecule has 4 heterocycles. The summed E-state index contributed by atoms with van der Waals surface area (Å²) in [5.74, 6) is 2.46. The van der Waals surface area contributed by atoms with Gasteiger partial charge in [0.15, 0.2) is 5.82 Å². The summed E-state index contributed by atoms with van der Waals surface area (Å²) in [6.07, 6.45) is 7.41. The van der Waals surface area contributed by atoms with Crippen LogP contribution in [-0.4, -0.2) is 62.0 Å². The lowest BCUT2D eigenvalue weighted by Gasteiger charge is -2.33. The minimum absolute atomic E-state index is 0.0116. The first-order valence-electron chi connectivity index (χ1n) is 10.1. The van der Waals surface area contributed by atoms with E-state index in [1.54, 1.807) is 17.4 Å². The van der Waals surface area contributed by atoms with E-state index in [2.05, 4.69) is 20.0 Å². The van der Waals surface area contributed by atoms with Gasteiger partial charge in [-0.3, -0.25) is 5.01 Å². The van der Waals surface area contributed by atoms with E-state index in [4.69, 9.17) is 9.47 Å². The molecule has 0 N–H and O–H groups in total. The summed E-state index contributed by atoms with van der Waals surface area (Å²) >= 11 is 0. The van der Waals surface area contributed by atoms with Gasteiger partial charge < -0.3 is 14.4 Å². The van der Waals surface area contributed by atoms with Gasteiger partial charge in [-0.25, -0.2) is 24.4 Å². The molecule has 0 unspecified atom stereocenters. The van der Waals surface area contributed by atoms with Gasteiger partial charge in [0, 0.05) is 51.3 Å². The van der Waals surface area contributed by atoms with E-state index >= 15 is 0 Å². The molecular weight excluding hydrogens is 372 g/mol. The lowest BCUT2D eigenvalue weighted by atomic mass is 10.1. The monoisotopic (exact) mass is 400 g/mol. The second kappa shape index (κ2) is 7.53. The number of anilines is 1. The van der Waals surface area contributed by atoms with Crippen molar-refractivity contribution in [2.75, 3.05) is 24.6 Å². The van der Waals surface area contributed by atoms with Crippen LogP contribution < -0.4 is 9.75 Å². The number of piperidine rings is 1. The third kappa shape index (κ3) is 4.13. The maximum atomic E-state index is 12.2. The highest BCUT2D eigenvalue weighted by Gasteiger charge is 2.29. The third-order valence-electron chi connectivity index (χ3n) is 5.13. The van der Waals surface area contributed by atoms with Crippen LogP contribution in [0.2, 0.25) is 0 Å². The summed E-state index contributed by atoms with van der Waals surface area (Å²) in [5.41, 5.74) is 0.424. The lowest BCUT2D eigenvalue weighted by molar-refractivity contribution is 0.0122. The number of likely N-dealkylation sites (tertiary alicyclic amines) is 1. The van der Waals surface area contributed by atoms with E-state index in [0.29, 0.717) is 19.0 Å². The standard InChI is InChI=1S/C20H28N6O3/c1-14-17(26-11-7-16-21-8-12-25(16)26)22-13-23-18(14)28-15-5-9-24(10-6-15)19(27)29-20(2,3)4/h8,12-13,15H,5-7,9-11H2,1-4H3. The Kier molecular flexibility index (Phi) is 5.06. The van der Waals surface area contributed by atoms with Gasteiger partial charge in [0.1, 0.15) is 23.9 Å². The average Bonchev–Trinajstić information content (AvgIpc) is 3.27. The van der Waals surface area contributed by atoms with Crippen molar-refractivity contribution in [3.63, 3.8) is 0 Å². The van der Waals surface area contributed by atoms with Gasteiger partial charge in [-0.15, -0.1) is 0 Å². The number of amides is 1. The second-order valence-electron chi connectivity index (χ2n) is 8.47. The van der Waals surface area contributed by atoms with Crippen LogP contribution in [0.5, 0.6) is 5.88 Å². The molecule has 4 rings (SSSR count). The van der Waals surface area contributed by atoms with Crippen LogP contribution in [0.15, 0.2) is 18.7 Å². The van der Waals surface area contributed by atoms with Crippen molar-refractivity contribution >= 4 is 11.9 Å². The molecule has 2 aliphatic heterocycles. The first-order chi connectivity index (χ1) is 13.8. The molecule has 2 aromatic rings. The van der Waals surface area contributed by atoms with Crippen LogP contribution >= 0.6 is 0 Å². The summed E-state index contributed by atoms with van der Waals surface area (Å²) in [7, 11) is 0. The fourth-order valence-electron chi connectivity index (χ4n) is 3.69. The molecule has 0 aliphatic carbocycles. The molecule has 9 heteroatoms. The maximum absolute atomic E-state index is 12.2. The minimum atomic E-state index is -0.483. The highest BCUT2D eigenvalue weighted by molar-refractivity contribution is 5.68. The zero-order valence-corrected chi connectivity index (χ0v) is 17.5. The van der Waals surface area contributed by atoms with Crippen molar-refractivity contribution in [3.8, 4) is 5.88 Å². The van der Waals surface area contributed by atoms with Crippen molar-refractivity contribution in [3.05, 3.63) is 30.1 Å². The van der Waals surface area contributed by atoms with Crippen molar-refractivity contribution in [1.82, 2.24) is 24.5 Å². The predicted octanol–water partition coefficient (Wildman–Crippen LogP) is 2.59. The fraction of sp³-hybridized carbons (Fsp3) is 0.600. The average molecular weight is 400 g/mol. The molecule has 2 aliphatic rings. The van der Waals surface area contributed by atoms with Crippen molar-refractivity contribution in [2.24, 2.45) is 0 Å². The van der Waals surface area contributed by atoms with Crippen molar-refractivity contribution in [1.29, 1.82) is 0 Å². The molecule has 29 heavy (non-hydrogen) atoms. The van der Waals surface area contributed by atoms with Crippen LogP contribution in [0.4, 0.5) is 10.6 Å². The van der Waals surface area contributed by atoms with Crippen LogP contribution in [-0.2, 0) is 11.2 Å². The number of ether oxygens (including phenoxy) is 2. The molecule has 9 nitrogen and oxygen atoms in total. The first-order valence-corrected chi connectivity index (χ1v) is 10.1. The first kappa shape index (κ1) is 19.5. The number of carbonyl (C=O) groups is 1. The molecule has 0 saturated carbocycles. The Morgan fingerprint density at radius 3 is 2.62 bits per heavy atom. The summed E-state index contributed by atoms with van der Waals surface area (Å²) in [6, 6.07) is 0. The number of hydrogen-bond acceptors (Lipinski definition) is 7. The summed E-state index contributed by atoms with van der Waals surface area (Å²) < 4.78 is 13.7. The SMILES string of the molecule is Cc1c(OC2CCN(C(=O)OC(C)(C)C)CC2)ncnc1N1CCc2nccn21. The fourth-order valence-corrected chi connectivity index (χ4v) is 3.69. The van der Waals surface area contributed by atoms with E-state index in [0.717, 1.165) is 43.0 Å². The minimum Gasteiger partial charge on any atom is -0.474 e. The van der Waals surface area contributed by atoms with Gasteiger partial charge in [-0.2, -0.15) is 0 Å². The van der Waals surface area contributed by atoms with Crippen molar-refractivity contribution in [2.45, 2.75) is 58.7 Å². The normalized spacial score (nSPS) is 17.4. The third-order valence-corrected chi connectivity index (χ3v) is 5.13. The number of carbonyl (C=O) groups excluding carboxylic acids is 1. The van der Waals surface area contributed by atoms with Crippen molar-refractivity contribution < 1.29 is 14.3 Å². The van der Waals surface area contributed by atoms with E-state index in [9.17, 15) is 4.79 Å². The molecular formula is C20H28N6O3. The quantitative estimate of drug-likeness (QED) is 0.783. The maximum Gasteiger partial charge on any atom is 0.410 e. The van der Waals surface area contributed by atoms with Gasteiger partial charge in [0.05, 0.1) is 5.56 Å². The van der Waals surface area contributed by atoms with Crippen LogP contribution in [0, 0.1) is 6.92 Å². The van der Waals surface area contributed by atoms with E-state index in [1.165, 1.54) is 0 Å². The van der Waals surface area contributed by atoms with E-state index in [1.807, 2.05) is 38.6 Å². The lowest BCUT2D eigenvalue weighted by Crippen LogP contribution is -2.44. The smallest absolute Gasteiger partial charge is 0.410 e. The van der Waals surface area contributed by atoms with Gasteiger partial charge in [-0.1, -0.05) is 0 Å². The molecule has 1 fully saturated rings. The van der Waals surface area contributed by atoms with Gasteiger partial charge in [0.2, 0.25) is 5.88 Å².